The normalized spacial score (nSPS) is 29.8. The van der Waals surface area contributed by atoms with Crippen LogP contribution < -0.4 is 9.47 Å². The first-order valence-electron chi connectivity index (χ1n) is 9.36. The predicted octanol–water partition coefficient (Wildman–Crippen LogP) is 3.20. The molecule has 2 radical (unpaired) electrons. The Kier molecular flexibility index (Phi) is 4.60. The summed E-state index contributed by atoms with van der Waals surface area (Å²) in [6, 6.07) is 6.23. The first-order chi connectivity index (χ1) is 13.1. The van der Waals surface area contributed by atoms with E-state index >= 15 is 0 Å². The minimum Gasteiger partial charge on any atom is -0.486 e. The van der Waals surface area contributed by atoms with Crippen molar-refractivity contribution in [2.45, 2.75) is 27.5 Å². The quantitative estimate of drug-likeness (QED) is 0.581. The van der Waals surface area contributed by atoms with Crippen molar-refractivity contribution in [2.75, 3.05) is 26.3 Å². The second-order valence-corrected chi connectivity index (χ2v) is 10.2. The summed E-state index contributed by atoms with van der Waals surface area (Å²) in [5.41, 5.74) is 0. The van der Waals surface area contributed by atoms with E-state index < -0.39 is 0 Å². The SMILES string of the molecule is [B]C1(Sc2nccn2C)C[C@H]2CN(Sc3ccc4c(c3)OCCO4)C[C@H]2C1. The van der Waals surface area contributed by atoms with Gasteiger partial charge >= 0.3 is 0 Å². The van der Waals surface area contributed by atoms with Gasteiger partial charge in [0, 0.05) is 37.4 Å². The number of fused-ring (bicyclic) bond motifs is 2. The van der Waals surface area contributed by atoms with E-state index in [-0.39, 0.29) is 4.65 Å². The molecule has 1 aromatic carbocycles. The molecule has 5 rings (SSSR count). The molecule has 8 heteroatoms. The van der Waals surface area contributed by atoms with Crippen LogP contribution in [0.25, 0.3) is 0 Å². The maximum absolute atomic E-state index is 6.74. The molecule has 0 amide bonds. The molecule has 3 atom stereocenters. The molecular weight excluding hydrogens is 377 g/mol. The van der Waals surface area contributed by atoms with E-state index in [0.29, 0.717) is 25.0 Å². The first-order valence-corrected chi connectivity index (χ1v) is 10.9. The van der Waals surface area contributed by atoms with Gasteiger partial charge in [0.2, 0.25) is 0 Å². The van der Waals surface area contributed by atoms with E-state index in [1.807, 2.05) is 37.5 Å². The predicted molar refractivity (Wildman–Crippen MR) is 109 cm³/mol. The number of nitrogens with zero attached hydrogens (tertiary/aromatic N) is 3. The maximum atomic E-state index is 6.74. The van der Waals surface area contributed by atoms with Crippen LogP contribution in [0.2, 0.25) is 0 Å². The zero-order chi connectivity index (χ0) is 18.4. The second kappa shape index (κ2) is 6.97. The minimum absolute atomic E-state index is 0.192. The van der Waals surface area contributed by atoms with Gasteiger partial charge in [-0.1, -0.05) is 11.8 Å². The summed E-state index contributed by atoms with van der Waals surface area (Å²) in [7, 11) is 8.77. The summed E-state index contributed by atoms with van der Waals surface area (Å²) in [5, 5.41) is 1.01. The molecule has 2 aliphatic heterocycles. The van der Waals surface area contributed by atoms with E-state index in [1.54, 1.807) is 11.8 Å². The van der Waals surface area contributed by atoms with E-state index in [4.69, 9.17) is 17.3 Å². The molecule has 27 heavy (non-hydrogen) atoms. The average molecular weight is 399 g/mol. The van der Waals surface area contributed by atoms with Gasteiger partial charge in [0.25, 0.3) is 0 Å². The summed E-state index contributed by atoms with van der Waals surface area (Å²) in [6.07, 6.45) is 5.92. The lowest BCUT2D eigenvalue weighted by Crippen LogP contribution is -2.25. The fraction of sp³-hybridized carbons (Fsp3) is 0.526. The summed E-state index contributed by atoms with van der Waals surface area (Å²) >= 11 is 3.56. The average Bonchev–Trinajstić information content (AvgIpc) is 3.28. The van der Waals surface area contributed by atoms with Crippen molar-refractivity contribution in [3.8, 4) is 11.5 Å². The first kappa shape index (κ1) is 17.8. The third-order valence-electron chi connectivity index (χ3n) is 5.58. The molecule has 3 aliphatic rings. The van der Waals surface area contributed by atoms with Crippen LogP contribution in [0.1, 0.15) is 12.8 Å². The van der Waals surface area contributed by atoms with Crippen molar-refractivity contribution in [2.24, 2.45) is 18.9 Å². The van der Waals surface area contributed by atoms with Crippen molar-refractivity contribution in [3.05, 3.63) is 30.6 Å². The Morgan fingerprint density at radius 3 is 2.59 bits per heavy atom. The van der Waals surface area contributed by atoms with Crippen molar-refractivity contribution in [3.63, 3.8) is 0 Å². The number of thioether (sulfide) groups is 1. The Labute approximate surface area is 169 Å². The molecule has 3 heterocycles. The number of hydrogen-bond acceptors (Lipinski definition) is 6. The van der Waals surface area contributed by atoms with Crippen LogP contribution in [0.4, 0.5) is 0 Å². The van der Waals surface area contributed by atoms with E-state index in [0.717, 1.165) is 42.6 Å². The molecular formula is C19H22BN3O2S2. The summed E-state index contributed by atoms with van der Waals surface area (Å²) in [5.74, 6) is 3.03. The van der Waals surface area contributed by atoms with Gasteiger partial charge < -0.3 is 14.0 Å². The zero-order valence-electron chi connectivity index (χ0n) is 15.3. The fourth-order valence-electron chi connectivity index (χ4n) is 4.35. The third-order valence-corrected chi connectivity index (χ3v) is 7.91. The number of aryl methyl sites for hydroxylation is 1. The highest BCUT2D eigenvalue weighted by Crippen LogP contribution is 2.52. The van der Waals surface area contributed by atoms with Crippen LogP contribution in [0.3, 0.4) is 0 Å². The summed E-state index contributed by atoms with van der Waals surface area (Å²) in [6.45, 7) is 3.43. The molecule has 0 N–H and O–H groups in total. The van der Waals surface area contributed by atoms with E-state index in [2.05, 4.69) is 26.0 Å². The van der Waals surface area contributed by atoms with Gasteiger partial charge in [-0.15, -0.1) is 0 Å². The largest absolute Gasteiger partial charge is 0.486 e. The Morgan fingerprint density at radius 1 is 1.15 bits per heavy atom. The highest BCUT2D eigenvalue weighted by Gasteiger charge is 2.47. The molecule has 1 saturated heterocycles. The topological polar surface area (TPSA) is 39.5 Å². The zero-order valence-corrected chi connectivity index (χ0v) is 17.0. The number of hydrogen-bond donors (Lipinski definition) is 0. The van der Waals surface area contributed by atoms with E-state index in [1.165, 1.54) is 4.90 Å². The van der Waals surface area contributed by atoms with Gasteiger partial charge in [0.05, 0.1) is 7.85 Å². The van der Waals surface area contributed by atoms with Gasteiger partial charge in [-0.3, -0.25) is 0 Å². The molecule has 1 saturated carbocycles. The lowest BCUT2D eigenvalue weighted by atomic mass is 9.83. The van der Waals surface area contributed by atoms with Crippen LogP contribution in [0, 0.1) is 11.8 Å². The number of aromatic nitrogens is 2. The third kappa shape index (κ3) is 3.59. The molecule has 1 unspecified atom stereocenters. The molecule has 140 valence electrons. The Morgan fingerprint density at radius 2 is 1.89 bits per heavy atom. The van der Waals surface area contributed by atoms with Gasteiger partial charge in [0.1, 0.15) is 13.2 Å². The molecule has 0 bridgehead atoms. The fourth-order valence-corrected chi connectivity index (χ4v) is 6.74. The number of imidazole rings is 1. The lowest BCUT2D eigenvalue weighted by Gasteiger charge is -2.26. The van der Waals surface area contributed by atoms with Gasteiger partial charge in [-0.05, 0) is 59.5 Å². The monoisotopic (exact) mass is 399 g/mol. The van der Waals surface area contributed by atoms with Crippen molar-refractivity contribution in [1.82, 2.24) is 13.9 Å². The van der Waals surface area contributed by atoms with Crippen molar-refractivity contribution < 1.29 is 9.47 Å². The molecule has 5 nitrogen and oxygen atoms in total. The molecule has 2 aromatic rings. The Bertz CT molecular complexity index is 832. The van der Waals surface area contributed by atoms with Crippen LogP contribution in [0.5, 0.6) is 11.5 Å². The Hall–Kier alpha value is -1.25. The minimum atomic E-state index is -0.192. The number of benzene rings is 1. The van der Waals surface area contributed by atoms with Crippen molar-refractivity contribution in [1.29, 1.82) is 0 Å². The van der Waals surface area contributed by atoms with Crippen LogP contribution in [0.15, 0.2) is 40.6 Å². The van der Waals surface area contributed by atoms with Crippen molar-refractivity contribution >= 4 is 31.6 Å². The Balaban J connectivity index is 1.21. The standard InChI is InChI=1S/C19H22BN3O2S2/c1-22-5-4-21-18(22)26-19(20)9-13-11-23(12-14(13)10-19)27-15-2-3-16-17(8-15)25-7-6-24-16/h2-5,8,13-14H,6-7,9-12H2,1H3/t13-,14+,19?. The second-order valence-electron chi connectivity index (χ2n) is 7.66. The summed E-state index contributed by atoms with van der Waals surface area (Å²) < 4.78 is 15.7. The highest BCUT2D eigenvalue weighted by molar-refractivity contribution is 8.01. The molecule has 2 fully saturated rings. The van der Waals surface area contributed by atoms with Gasteiger partial charge in [-0.2, -0.15) is 0 Å². The highest BCUT2D eigenvalue weighted by atomic mass is 32.2. The molecule has 1 aromatic heterocycles. The summed E-state index contributed by atoms with van der Waals surface area (Å²) in [4.78, 5) is 5.64. The van der Waals surface area contributed by atoms with Gasteiger partial charge in [-0.25, -0.2) is 9.29 Å². The molecule has 0 spiro atoms. The van der Waals surface area contributed by atoms with Crippen LogP contribution in [-0.2, 0) is 7.05 Å². The maximum Gasteiger partial charge on any atom is 0.167 e. The van der Waals surface area contributed by atoms with Gasteiger partial charge in [0.15, 0.2) is 16.7 Å². The lowest BCUT2D eigenvalue weighted by molar-refractivity contribution is 0.171. The number of rotatable bonds is 4. The van der Waals surface area contributed by atoms with E-state index in [9.17, 15) is 0 Å². The smallest absolute Gasteiger partial charge is 0.167 e. The molecule has 1 aliphatic carbocycles. The number of ether oxygens (including phenoxy) is 2. The van der Waals surface area contributed by atoms with Crippen LogP contribution in [-0.4, -0.2) is 52.7 Å². The van der Waals surface area contributed by atoms with Crippen LogP contribution >= 0.6 is 23.7 Å².